The Morgan fingerprint density at radius 1 is 1.03 bits per heavy atom. The summed E-state index contributed by atoms with van der Waals surface area (Å²) in [5.41, 5.74) is 5.50. The predicted molar refractivity (Wildman–Crippen MR) is 144 cm³/mol. The highest BCUT2D eigenvalue weighted by molar-refractivity contribution is 9.10. The lowest BCUT2D eigenvalue weighted by Crippen LogP contribution is -2.39. The highest BCUT2D eigenvalue weighted by atomic mass is 79.9. The maximum Gasteiger partial charge on any atom is 0.264 e. The third kappa shape index (κ3) is 6.46. The number of sulfonamides is 1. The van der Waals surface area contributed by atoms with E-state index in [1.807, 2.05) is 44.1 Å². The van der Waals surface area contributed by atoms with Gasteiger partial charge in [0.25, 0.3) is 15.9 Å². The van der Waals surface area contributed by atoms with Gasteiger partial charge in [-0.25, -0.2) is 13.8 Å². The molecule has 3 rings (SSSR count). The minimum absolute atomic E-state index is 0.0974. The second-order valence-electron chi connectivity index (χ2n) is 7.70. The summed E-state index contributed by atoms with van der Waals surface area (Å²) < 4.78 is 29.4. The number of carbonyl (C=O) groups is 1. The maximum atomic E-state index is 13.4. The lowest BCUT2D eigenvalue weighted by Gasteiger charge is -2.24. The molecule has 1 amide bonds. The van der Waals surface area contributed by atoms with Gasteiger partial charge >= 0.3 is 0 Å². The van der Waals surface area contributed by atoms with E-state index in [1.165, 1.54) is 18.3 Å². The fourth-order valence-corrected chi connectivity index (χ4v) is 5.65. The number of nitrogens with zero attached hydrogens (tertiary/aromatic N) is 3. The summed E-state index contributed by atoms with van der Waals surface area (Å²) in [6, 6.07) is 18.9. The zero-order valence-electron chi connectivity index (χ0n) is 18.9. The van der Waals surface area contributed by atoms with Gasteiger partial charge in [-0.2, -0.15) is 5.10 Å². The number of nitrogens with one attached hydrogen (secondary N) is 1. The molecule has 3 aromatic carbocycles. The van der Waals surface area contributed by atoms with E-state index < -0.39 is 22.5 Å². The molecular formula is C24H24Br2N4O3S. The molecule has 0 fully saturated rings. The van der Waals surface area contributed by atoms with Crippen LogP contribution in [0.1, 0.15) is 11.1 Å². The number of rotatable bonds is 8. The molecule has 0 spiro atoms. The number of benzene rings is 3. The van der Waals surface area contributed by atoms with Crippen molar-refractivity contribution in [2.24, 2.45) is 5.10 Å². The van der Waals surface area contributed by atoms with Crippen LogP contribution in [0.15, 0.2) is 85.7 Å². The van der Waals surface area contributed by atoms with E-state index in [2.05, 4.69) is 42.4 Å². The van der Waals surface area contributed by atoms with Gasteiger partial charge in [-0.3, -0.25) is 9.10 Å². The first-order valence-corrected chi connectivity index (χ1v) is 13.2. The van der Waals surface area contributed by atoms with Crippen molar-refractivity contribution >= 4 is 65.4 Å². The number of aryl methyl sites for hydroxylation is 1. The number of carbonyl (C=O) groups excluding carboxylic acids is 1. The molecule has 0 radical (unpaired) electrons. The quantitative estimate of drug-likeness (QED) is 0.291. The van der Waals surface area contributed by atoms with E-state index in [0.717, 1.165) is 25.6 Å². The molecule has 34 heavy (non-hydrogen) atoms. The van der Waals surface area contributed by atoms with Crippen molar-refractivity contribution in [1.29, 1.82) is 0 Å². The average molecular weight is 608 g/mol. The predicted octanol–water partition coefficient (Wildman–Crippen LogP) is 4.93. The highest BCUT2D eigenvalue weighted by Crippen LogP contribution is 2.27. The summed E-state index contributed by atoms with van der Waals surface area (Å²) in [4.78, 5) is 14.8. The SMILES string of the molecule is Cc1ccc(S(=O)(=O)N(CC(=O)N/N=C\c2ccc(N(C)C)c(Br)c2)c2cccc(Br)c2)cc1. The molecule has 0 aliphatic carbocycles. The number of hydrazone groups is 1. The van der Waals surface area contributed by atoms with Crippen molar-refractivity contribution in [2.45, 2.75) is 11.8 Å². The molecule has 0 aliphatic heterocycles. The van der Waals surface area contributed by atoms with Gasteiger partial charge in [0.15, 0.2) is 0 Å². The van der Waals surface area contributed by atoms with Gasteiger partial charge < -0.3 is 4.90 Å². The molecule has 10 heteroatoms. The molecule has 0 aromatic heterocycles. The molecule has 1 N–H and O–H groups in total. The third-order valence-electron chi connectivity index (χ3n) is 4.85. The molecule has 178 valence electrons. The van der Waals surface area contributed by atoms with E-state index in [-0.39, 0.29) is 4.90 Å². The van der Waals surface area contributed by atoms with Crippen molar-refractivity contribution in [2.75, 3.05) is 29.8 Å². The standard InChI is InChI=1S/C24H24Br2N4O3S/c1-17-7-10-21(11-8-17)34(32,33)30(20-6-4-5-19(25)14-20)16-24(31)28-27-15-18-9-12-23(29(2)3)22(26)13-18/h4-15H,16H2,1-3H3,(H,28,31)/b27-15-. The number of hydrogen-bond acceptors (Lipinski definition) is 5. The summed E-state index contributed by atoms with van der Waals surface area (Å²) >= 11 is 6.88. The van der Waals surface area contributed by atoms with E-state index in [0.29, 0.717) is 10.2 Å². The van der Waals surface area contributed by atoms with Gasteiger partial charge in [-0.15, -0.1) is 0 Å². The third-order valence-corrected chi connectivity index (χ3v) is 7.77. The number of halogens is 2. The molecule has 0 saturated heterocycles. The van der Waals surface area contributed by atoms with Crippen LogP contribution in [0.25, 0.3) is 0 Å². The summed E-state index contributed by atoms with van der Waals surface area (Å²) in [6.07, 6.45) is 1.50. The summed E-state index contributed by atoms with van der Waals surface area (Å²) in [5, 5.41) is 4.00. The fraction of sp³-hybridized carbons (Fsp3) is 0.167. The van der Waals surface area contributed by atoms with Crippen LogP contribution in [0.5, 0.6) is 0 Å². The van der Waals surface area contributed by atoms with Crippen molar-refractivity contribution < 1.29 is 13.2 Å². The molecule has 0 saturated carbocycles. The number of anilines is 2. The molecular weight excluding hydrogens is 584 g/mol. The number of amides is 1. The Kier molecular flexibility index (Phi) is 8.51. The van der Waals surface area contributed by atoms with Crippen LogP contribution in [0.3, 0.4) is 0 Å². The summed E-state index contributed by atoms with van der Waals surface area (Å²) in [6.45, 7) is 1.44. The molecule has 7 nitrogen and oxygen atoms in total. The zero-order chi connectivity index (χ0) is 24.9. The fourth-order valence-electron chi connectivity index (χ4n) is 3.09. The second kappa shape index (κ2) is 11.2. The molecule has 0 unspecified atom stereocenters. The first-order valence-electron chi connectivity index (χ1n) is 10.2. The molecule has 3 aromatic rings. The van der Waals surface area contributed by atoms with Gasteiger partial charge in [0.2, 0.25) is 0 Å². The van der Waals surface area contributed by atoms with Gasteiger partial charge in [-0.1, -0.05) is 45.8 Å². The summed E-state index contributed by atoms with van der Waals surface area (Å²) in [5.74, 6) is -0.573. The van der Waals surface area contributed by atoms with Crippen LogP contribution in [-0.4, -0.2) is 41.2 Å². The Bertz CT molecular complexity index is 1310. The largest absolute Gasteiger partial charge is 0.377 e. The first-order chi connectivity index (χ1) is 16.1. The van der Waals surface area contributed by atoms with Crippen LogP contribution >= 0.6 is 31.9 Å². The van der Waals surface area contributed by atoms with Crippen molar-refractivity contribution in [3.05, 3.63) is 86.8 Å². The molecule has 0 bridgehead atoms. The topological polar surface area (TPSA) is 82.1 Å². The average Bonchev–Trinajstić information content (AvgIpc) is 2.77. The second-order valence-corrected chi connectivity index (χ2v) is 11.3. The molecule has 0 heterocycles. The minimum Gasteiger partial charge on any atom is -0.377 e. The Hall–Kier alpha value is -2.69. The van der Waals surface area contributed by atoms with E-state index in [1.54, 1.807) is 36.4 Å². The Balaban J connectivity index is 1.81. The highest BCUT2D eigenvalue weighted by Gasteiger charge is 2.27. The van der Waals surface area contributed by atoms with E-state index >= 15 is 0 Å². The Labute approximate surface area is 216 Å². The van der Waals surface area contributed by atoms with Crippen LogP contribution in [0.2, 0.25) is 0 Å². The van der Waals surface area contributed by atoms with Gasteiger partial charge in [0.1, 0.15) is 6.54 Å². The van der Waals surface area contributed by atoms with Crippen LogP contribution in [0.4, 0.5) is 11.4 Å². The van der Waals surface area contributed by atoms with Crippen LogP contribution in [0, 0.1) is 6.92 Å². The van der Waals surface area contributed by atoms with Gasteiger partial charge in [0.05, 0.1) is 22.5 Å². The van der Waals surface area contributed by atoms with Crippen molar-refractivity contribution in [3.8, 4) is 0 Å². The smallest absolute Gasteiger partial charge is 0.264 e. The lowest BCUT2D eigenvalue weighted by atomic mass is 10.2. The van der Waals surface area contributed by atoms with Crippen molar-refractivity contribution in [1.82, 2.24) is 5.43 Å². The summed E-state index contributed by atoms with van der Waals surface area (Å²) in [7, 11) is -0.109. The molecule has 0 atom stereocenters. The van der Waals surface area contributed by atoms with E-state index in [4.69, 9.17) is 0 Å². The zero-order valence-corrected chi connectivity index (χ0v) is 22.9. The monoisotopic (exact) mass is 606 g/mol. The van der Waals surface area contributed by atoms with Crippen LogP contribution in [-0.2, 0) is 14.8 Å². The van der Waals surface area contributed by atoms with Gasteiger partial charge in [0, 0.05) is 23.0 Å². The molecule has 0 aliphatic rings. The minimum atomic E-state index is -3.99. The first kappa shape index (κ1) is 25.9. The van der Waals surface area contributed by atoms with Crippen LogP contribution < -0.4 is 14.6 Å². The van der Waals surface area contributed by atoms with Gasteiger partial charge in [-0.05, 0) is 70.9 Å². The Morgan fingerprint density at radius 3 is 2.35 bits per heavy atom. The number of hydrogen-bond donors (Lipinski definition) is 1. The Morgan fingerprint density at radius 2 is 1.74 bits per heavy atom. The van der Waals surface area contributed by atoms with Crippen molar-refractivity contribution in [3.63, 3.8) is 0 Å². The lowest BCUT2D eigenvalue weighted by molar-refractivity contribution is -0.119. The van der Waals surface area contributed by atoms with E-state index in [9.17, 15) is 13.2 Å². The normalized spacial score (nSPS) is 11.4. The maximum absolute atomic E-state index is 13.4.